The molecule has 2 aromatic carbocycles. The van der Waals surface area contributed by atoms with Crippen molar-refractivity contribution >= 4 is 17.4 Å². The summed E-state index contributed by atoms with van der Waals surface area (Å²) in [4.78, 5) is 36.0. The summed E-state index contributed by atoms with van der Waals surface area (Å²) in [6, 6.07) is 7.70. The third kappa shape index (κ3) is 4.23. The lowest BCUT2D eigenvalue weighted by Crippen LogP contribution is -2.19. The standard InChI is InChI=1S/C23H26N2O7/c1-12(26)24-16-8-13(6-7-18(16)29-2)15-11-17(27)22(25-28)21(15)14-9-19(30-3)23(32-5)20(10-14)31-4/h6-10,15,21-22H,11H2,1-5H3,(H,24,26). The molecular weight excluding hydrogens is 416 g/mol. The largest absolute Gasteiger partial charge is 0.495 e. The first-order valence-corrected chi connectivity index (χ1v) is 9.99. The van der Waals surface area contributed by atoms with Crippen LogP contribution >= 0.6 is 0 Å². The Morgan fingerprint density at radius 3 is 2.06 bits per heavy atom. The minimum Gasteiger partial charge on any atom is -0.495 e. The maximum Gasteiger partial charge on any atom is 0.221 e. The Bertz CT molecular complexity index is 1010. The monoisotopic (exact) mass is 442 g/mol. The molecular formula is C23H26N2O7. The average molecular weight is 442 g/mol. The molecule has 0 radical (unpaired) electrons. The minimum atomic E-state index is -1.06. The smallest absolute Gasteiger partial charge is 0.221 e. The van der Waals surface area contributed by atoms with Crippen molar-refractivity contribution in [2.75, 3.05) is 33.8 Å². The predicted octanol–water partition coefficient (Wildman–Crippen LogP) is 3.65. The fourth-order valence-corrected chi connectivity index (χ4v) is 4.29. The van der Waals surface area contributed by atoms with E-state index in [1.165, 1.54) is 35.4 Å². The van der Waals surface area contributed by atoms with E-state index in [1.54, 1.807) is 24.3 Å². The van der Waals surface area contributed by atoms with Crippen LogP contribution in [0.1, 0.15) is 36.3 Å². The Hall–Kier alpha value is -3.62. The molecule has 3 rings (SSSR count). The van der Waals surface area contributed by atoms with Crippen LogP contribution in [-0.2, 0) is 9.59 Å². The highest BCUT2D eigenvalue weighted by molar-refractivity contribution is 5.91. The molecule has 1 N–H and O–H groups in total. The molecule has 0 heterocycles. The van der Waals surface area contributed by atoms with Gasteiger partial charge in [0.2, 0.25) is 11.7 Å². The van der Waals surface area contributed by atoms with Crippen molar-refractivity contribution in [3.8, 4) is 23.0 Å². The highest BCUT2D eigenvalue weighted by Crippen LogP contribution is 2.50. The molecule has 3 atom stereocenters. The number of nitroso groups, excluding NO2 is 1. The fraction of sp³-hybridized carbons (Fsp3) is 0.391. The second kappa shape index (κ2) is 9.67. The van der Waals surface area contributed by atoms with Crippen LogP contribution in [0, 0.1) is 4.91 Å². The number of methoxy groups -OCH3 is 4. The Morgan fingerprint density at radius 2 is 1.56 bits per heavy atom. The fourth-order valence-electron chi connectivity index (χ4n) is 4.29. The quantitative estimate of drug-likeness (QED) is 0.621. The number of ketones is 1. The Balaban J connectivity index is 2.14. The molecule has 9 nitrogen and oxygen atoms in total. The van der Waals surface area contributed by atoms with E-state index < -0.39 is 12.0 Å². The number of hydrogen-bond donors (Lipinski definition) is 1. The lowest BCUT2D eigenvalue weighted by molar-refractivity contribution is -0.118. The van der Waals surface area contributed by atoms with Gasteiger partial charge in [-0.2, -0.15) is 4.91 Å². The van der Waals surface area contributed by atoms with Crippen molar-refractivity contribution in [1.82, 2.24) is 0 Å². The second-order valence-electron chi connectivity index (χ2n) is 7.45. The molecule has 1 fully saturated rings. The number of carbonyl (C=O) groups excluding carboxylic acids is 2. The lowest BCUT2D eigenvalue weighted by atomic mass is 9.82. The second-order valence-corrected chi connectivity index (χ2v) is 7.45. The Morgan fingerprint density at radius 1 is 0.938 bits per heavy atom. The number of nitrogens with zero attached hydrogens (tertiary/aromatic N) is 1. The maximum absolute atomic E-state index is 12.7. The molecule has 1 amide bonds. The van der Waals surface area contributed by atoms with Crippen LogP contribution in [0.5, 0.6) is 23.0 Å². The highest BCUT2D eigenvalue weighted by atomic mass is 16.5. The minimum absolute atomic E-state index is 0.129. The van der Waals surface area contributed by atoms with Crippen molar-refractivity contribution in [2.45, 2.75) is 31.2 Å². The molecule has 1 aliphatic rings. The van der Waals surface area contributed by atoms with Crippen molar-refractivity contribution in [3.05, 3.63) is 46.4 Å². The summed E-state index contributed by atoms with van der Waals surface area (Å²) in [7, 11) is 6.00. The van der Waals surface area contributed by atoms with E-state index >= 15 is 0 Å². The molecule has 0 bridgehead atoms. The number of rotatable bonds is 8. The zero-order valence-corrected chi connectivity index (χ0v) is 18.6. The summed E-state index contributed by atoms with van der Waals surface area (Å²) in [6.07, 6.45) is 0.129. The van der Waals surface area contributed by atoms with Gasteiger partial charge in [0.25, 0.3) is 0 Å². The summed E-state index contributed by atoms with van der Waals surface area (Å²) < 4.78 is 21.6. The molecule has 9 heteroatoms. The average Bonchev–Trinajstić information content (AvgIpc) is 3.13. The molecule has 0 aromatic heterocycles. The van der Waals surface area contributed by atoms with Crippen molar-refractivity contribution in [3.63, 3.8) is 0 Å². The molecule has 32 heavy (non-hydrogen) atoms. The summed E-state index contributed by atoms with van der Waals surface area (Å²) >= 11 is 0. The van der Waals surface area contributed by atoms with Gasteiger partial charge in [-0.05, 0) is 35.4 Å². The number of benzene rings is 2. The molecule has 1 saturated carbocycles. The molecule has 0 saturated heterocycles. The maximum atomic E-state index is 12.7. The van der Waals surface area contributed by atoms with Crippen LogP contribution in [0.2, 0.25) is 0 Å². The van der Waals surface area contributed by atoms with Gasteiger partial charge in [0.15, 0.2) is 23.3 Å². The van der Waals surface area contributed by atoms with Crippen LogP contribution in [0.25, 0.3) is 0 Å². The number of Topliss-reactive ketones (excluding diaryl/α,β-unsaturated/α-hetero) is 1. The normalized spacial score (nSPS) is 19.9. The van der Waals surface area contributed by atoms with Crippen LogP contribution in [0.3, 0.4) is 0 Å². The van der Waals surface area contributed by atoms with E-state index in [0.29, 0.717) is 34.2 Å². The third-order valence-electron chi connectivity index (χ3n) is 5.67. The number of carbonyl (C=O) groups is 2. The van der Waals surface area contributed by atoms with Gasteiger partial charge in [-0.1, -0.05) is 11.2 Å². The molecule has 3 unspecified atom stereocenters. The third-order valence-corrected chi connectivity index (χ3v) is 5.67. The van der Waals surface area contributed by atoms with Gasteiger partial charge in [0.1, 0.15) is 5.75 Å². The summed E-state index contributed by atoms with van der Waals surface area (Å²) in [6.45, 7) is 1.40. The summed E-state index contributed by atoms with van der Waals surface area (Å²) in [5.41, 5.74) is 1.92. The number of amides is 1. The SMILES string of the molecule is COc1ccc(C2CC(=O)C(N=O)C2c2cc(OC)c(OC)c(OC)c2)cc1NC(C)=O. The van der Waals surface area contributed by atoms with Gasteiger partial charge in [0, 0.05) is 25.2 Å². The van der Waals surface area contributed by atoms with E-state index in [0.717, 1.165) is 5.56 Å². The zero-order valence-electron chi connectivity index (χ0n) is 18.6. The van der Waals surface area contributed by atoms with E-state index in [9.17, 15) is 14.5 Å². The molecule has 0 spiro atoms. The molecule has 2 aromatic rings. The lowest BCUT2D eigenvalue weighted by Gasteiger charge is -2.24. The van der Waals surface area contributed by atoms with Crippen molar-refractivity contribution in [1.29, 1.82) is 0 Å². The predicted molar refractivity (Wildman–Crippen MR) is 118 cm³/mol. The Labute approximate surface area is 186 Å². The van der Waals surface area contributed by atoms with Gasteiger partial charge < -0.3 is 24.3 Å². The first-order valence-electron chi connectivity index (χ1n) is 9.99. The summed E-state index contributed by atoms with van der Waals surface area (Å²) in [5.74, 6) is 0.322. The van der Waals surface area contributed by atoms with E-state index in [2.05, 4.69) is 10.5 Å². The van der Waals surface area contributed by atoms with Crippen LogP contribution in [0.15, 0.2) is 35.5 Å². The zero-order chi connectivity index (χ0) is 23.4. The van der Waals surface area contributed by atoms with Gasteiger partial charge in [0.05, 0.1) is 34.1 Å². The molecule has 1 aliphatic carbocycles. The highest BCUT2D eigenvalue weighted by Gasteiger charge is 2.46. The van der Waals surface area contributed by atoms with E-state index in [4.69, 9.17) is 18.9 Å². The van der Waals surface area contributed by atoms with Gasteiger partial charge in [-0.3, -0.25) is 9.59 Å². The number of nitrogens with one attached hydrogen (secondary N) is 1. The van der Waals surface area contributed by atoms with Gasteiger partial charge in [-0.25, -0.2) is 0 Å². The first kappa shape index (κ1) is 23.1. The molecule has 0 aliphatic heterocycles. The van der Waals surface area contributed by atoms with Gasteiger partial charge in [-0.15, -0.1) is 0 Å². The van der Waals surface area contributed by atoms with Gasteiger partial charge >= 0.3 is 0 Å². The first-order chi connectivity index (χ1) is 15.4. The van der Waals surface area contributed by atoms with Crippen LogP contribution < -0.4 is 24.3 Å². The van der Waals surface area contributed by atoms with E-state index in [1.807, 2.05) is 6.07 Å². The van der Waals surface area contributed by atoms with Crippen LogP contribution in [-0.4, -0.2) is 46.2 Å². The summed E-state index contributed by atoms with van der Waals surface area (Å²) in [5, 5.41) is 5.89. The van der Waals surface area contributed by atoms with Crippen molar-refractivity contribution < 1.29 is 28.5 Å². The van der Waals surface area contributed by atoms with Crippen LogP contribution in [0.4, 0.5) is 5.69 Å². The molecule has 170 valence electrons. The number of hydrogen-bond acceptors (Lipinski definition) is 8. The topological polar surface area (TPSA) is 113 Å². The number of anilines is 1. The number of ether oxygens (including phenoxy) is 4. The Kier molecular flexibility index (Phi) is 6.97. The van der Waals surface area contributed by atoms with E-state index in [-0.39, 0.29) is 24.0 Å². The van der Waals surface area contributed by atoms with Crippen molar-refractivity contribution in [2.24, 2.45) is 5.18 Å².